The van der Waals surface area contributed by atoms with E-state index in [-0.39, 0.29) is 5.56 Å². The largest absolute Gasteiger partial charge is 0.478 e. The van der Waals surface area contributed by atoms with E-state index in [0.717, 1.165) is 18.9 Å². The maximum absolute atomic E-state index is 12.8. The van der Waals surface area contributed by atoms with Gasteiger partial charge >= 0.3 is 12.1 Å². The van der Waals surface area contributed by atoms with Gasteiger partial charge in [0.15, 0.2) is 0 Å². The summed E-state index contributed by atoms with van der Waals surface area (Å²) in [6.45, 7) is 3.41. The van der Waals surface area contributed by atoms with E-state index in [1.54, 1.807) is 0 Å². The predicted octanol–water partition coefficient (Wildman–Crippen LogP) is 3.64. The molecule has 20 heavy (non-hydrogen) atoms. The molecular weight excluding hydrogens is 271 g/mol. The van der Waals surface area contributed by atoms with E-state index < -0.39 is 17.7 Å². The number of carboxylic acid groups (broad SMARTS) is 1. The fraction of sp³-hybridized carbons (Fsp3) is 0.500. The SMILES string of the molecule is CC1CCN(c2cc(C(=O)O)cc(C(F)(F)F)c2)CC1. The summed E-state index contributed by atoms with van der Waals surface area (Å²) in [5, 5.41) is 8.95. The van der Waals surface area contributed by atoms with Gasteiger partial charge in [0.2, 0.25) is 0 Å². The number of hydrogen-bond acceptors (Lipinski definition) is 2. The predicted molar refractivity (Wildman–Crippen MR) is 69.0 cm³/mol. The molecule has 0 aromatic heterocycles. The molecule has 0 aliphatic carbocycles. The number of carbonyl (C=O) groups is 1. The molecule has 0 spiro atoms. The van der Waals surface area contributed by atoms with Crippen LogP contribution in [-0.2, 0) is 6.18 Å². The molecule has 1 aromatic carbocycles. The summed E-state index contributed by atoms with van der Waals surface area (Å²) in [4.78, 5) is 12.8. The van der Waals surface area contributed by atoms with Crippen LogP contribution in [0.3, 0.4) is 0 Å². The van der Waals surface area contributed by atoms with Gasteiger partial charge in [-0.3, -0.25) is 0 Å². The highest BCUT2D eigenvalue weighted by Gasteiger charge is 2.32. The maximum Gasteiger partial charge on any atom is 0.416 e. The lowest BCUT2D eigenvalue weighted by Crippen LogP contribution is -2.33. The van der Waals surface area contributed by atoms with Crippen LogP contribution in [0.15, 0.2) is 18.2 Å². The Labute approximate surface area is 115 Å². The summed E-state index contributed by atoms with van der Waals surface area (Å²) < 4.78 is 38.5. The molecule has 1 N–H and O–H groups in total. The van der Waals surface area contributed by atoms with Crippen LogP contribution in [0.5, 0.6) is 0 Å². The number of carboxylic acids is 1. The number of aromatic carboxylic acids is 1. The summed E-state index contributed by atoms with van der Waals surface area (Å²) in [6.07, 6.45) is -2.74. The van der Waals surface area contributed by atoms with E-state index in [2.05, 4.69) is 6.92 Å². The quantitative estimate of drug-likeness (QED) is 0.902. The van der Waals surface area contributed by atoms with Crippen LogP contribution in [0.2, 0.25) is 0 Å². The van der Waals surface area contributed by atoms with E-state index in [1.165, 1.54) is 6.07 Å². The molecule has 2 rings (SSSR count). The Bertz CT molecular complexity index is 506. The maximum atomic E-state index is 12.8. The van der Waals surface area contributed by atoms with Gasteiger partial charge in [-0.2, -0.15) is 13.2 Å². The molecule has 110 valence electrons. The third-order valence-corrected chi connectivity index (χ3v) is 3.64. The minimum Gasteiger partial charge on any atom is -0.478 e. The van der Waals surface area contributed by atoms with E-state index >= 15 is 0 Å². The van der Waals surface area contributed by atoms with Gasteiger partial charge in [0.25, 0.3) is 0 Å². The highest BCUT2D eigenvalue weighted by molar-refractivity contribution is 5.89. The van der Waals surface area contributed by atoms with E-state index in [1.807, 2.05) is 4.90 Å². The Morgan fingerprint density at radius 1 is 1.25 bits per heavy atom. The van der Waals surface area contributed by atoms with Crippen LogP contribution in [0.25, 0.3) is 0 Å². The normalized spacial score (nSPS) is 17.3. The van der Waals surface area contributed by atoms with E-state index in [4.69, 9.17) is 5.11 Å². The second-order valence-corrected chi connectivity index (χ2v) is 5.24. The summed E-state index contributed by atoms with van der Waals surface area (Å²) >= 11 is 0. The Morgan fingerprint density at radius 3 is 2.35 bits per heavy atom. The average Bonchev–Trinajstić information content (AvgIpc) is 2.38. The smallest absolute Gasteiger partial charge is 0.416 e. The highest BCUT2D eigenvalue weighted by atomic mass is 19.4. The molecule has 1 aromatic rings. The van der Waals surface area contributed by atoms with Crippen molar-refractivity contribution < 1.29 is 23.1 Å². The van der Waals surface area contributed by atoms with Crippen molar-refractivity contribution in [2.75, 3.05) is 18.0 Å². The first-order valence-electron chi connectivity index (χ1n) is 6.48. The summed E-state index contributed by atoms with van der Waals surface area (Å²) in [6, 6.07) is 3.02. The number of nitrogens with zero attached hydrogens (tertiary/aromatic N) is 1. The van der Waals surface area contributed by atoms with Crippen LogP contribution >= 0.6 is 0 Å². The monoisotopic (exact) mass is 287 g/mol. The van der Waals surface area contributed by atoms with Crippen LogP contribution in [0.1, 0.15) is 35.7 Å². The van der Waals surface area contributed by atoms with E-state index in [9.17, 15) is 18.0 Å². The van der Waals surface area contributed by atoms with Crippen LogP contribution < -0.4 is 4.90 Å². The Balaban J connectivity index is 2.37. The van der Waals surface area contributed by atoms with Gasteiger partial charge < -0.3 is 10.0 Å². The molecule has 3 nitrogen and oxygen atoms in total. The van der Waals surface area contributed by atoms with Crippen LogP contribution in [0, 0.1) is 5.92 Å². The topological polar surface area (TPSA) is 40.5 Å². The zero-order valence-electron chi connectivity index (χ0n) is 11.1. The lowest BCUT2D eigenvalue weighted by molar-refractivity contribution is -0.137. The first-order valence-corrected chi connectivity index (χ1v) is 6.48. The minimum absolute atomic E-state index is 0.326. The molecule has 0 amide bonds. The number of anilines is 1. The van der Waals surface area contributed by atoms with Crippen molar-refractivity contribution in [3.05, 3.63) is 29.3 Å². The van der Waals surface area contributed by atoms with E-state index in [0.29, 0.717) is 30.8 Å². The zero-order chi connectivity index (χ0) is 14.9. The van der Waals surface area contributed by atoms with Crippen molar-refractivity contribution in [3.63, 3.8) is 0 Å². The first-order chi connectivity index (χ1) is 9.27. The standard InChI is InChI=1S/C14H16F3NO2/c1-9-2-4-18(5-3-9)12-7-10(13(19)20)6-11(8-12)14(15,16)17/h6-9H,2-5H2,1H3,(H,19,20). The number of benzene rings is 1. The lowest BCUT2D eigenvalue weighted by Gasteiger charge is -2.32. The van der Waals surface area contributed by atoms with Crippen molar-refractivity contribution in [1.82, 2.24) is 0 Å². The zero-order valence-corrected chi connectivity index (χ0v) is 11.1. The molecule has 0 saturated carbocycles. The van der Waals surface area contributed by atoms with Gasteiger partial charge in [-0.05, 0) is 37.0 Å². The summed E-state index contributed by atoms with van der Waals surface area (Å²) in [5.41, 5.74) is -0.899. The third-order valence-electron chi connectivity index (χ3n) is 3.64. The molecule has 0 atom stereocenters. The Morgan fingerprint density at radius 2 is 1.85 bits per heavy atom. The third kappa shape index (κ3) is 3.23. The van der Waals surface area contributed by atoms with Crippen molar-refractivity contribution in [3.8, 4) is 0 Å². The fourth-order valence-electron chi connectivity index (χ4n) is 2.35. The minimum atomic E-state index is -4.54. The van der Waals surface area contributed by atoms with Gasteiger partial charge in [0, 0.05) is 18.8 Å². The molecule has 0 unspecified atom stereocenters. The van der Waals surface area contributed by atoms with Crippen molar-refractivity contribution in [2.45, 2.75) is 25.9 Å². The molecule has 0 bridgehead atoms. The van der Waals surface area contributed by atoms with Gasteiger partial charge in [0.1, 0.15) is 0 Å². The second-order valence-electron chi connectivity index (χ2n) is 5.24. The van der Waals surface area contributed by atoms with Crippen molar-refractivity contribution in [2.24, 2.45) is 5.92 Å². The second kappa shape index (κ2) is 5.34. The summed E-state index contributed by atoms with van der Waals surface area (Å²) in [5.74, 6) is -0.793. The van der Waals surface area contributed by atoms with Gasteiger partial charge in [-0.25, -0.2) is 4.79 Å². The average molecular weight is 287 g/mol. The fourth-order valence-corrected chi connectivity index (χ4v) is 2.35. The number of rotatable bonds is 2. The molecule has 6 heteroatoms. The molecule has 1 heterocycles. The van der Waals surface area contributed by atoms with Crippen molar-refractivity contribution >= 4 is 11.7 Å². The number of piperidine rings is 1. The van der Waals surface area contributed by atoms with Crippen LogP contribution in [-0.4, -0.2) is 24.2 Å². The van der Waals surface area contributed by atoms with Crippen LogP contribution in [0.4, 0.5) is 18.9 Å². The Hall–Kier alpha value is -1.72. The summed E-state index contributed by atoms with van der Waals surface area (Å²) in [7, 11) is 0. The molecular formula is C14H16F3NO2. The molecule has 1 fully saturated rings. The van der Waals surface area contributed by atoms with Crippen molar-refractivity contribution in [1.29, 1.82) is 0 Å². The number of alkyl halides is 3. The molecule has 1 aliphatic rings. The van der Waals surface area contributed by atoms with Gasteiger partial charge in [-0.1, -0.05) is 6.92 Å². The lowest BCUT2D eigenvalue weighted by atomic mass is 9.98. The molecule has 1 saturated heterocycles. The number of halogens is 3. The molecule has 1 aliphatic heterocycles. The Kier molecular flexibility index (Phi) is 3.92. The first kappa shape index (κ1) is 14.7. The number of hydrogen-bond donors (Lipinski definition) is 1. The van der Waals surface area contributed by atoms with Gasteiger partial charge in [-0.15, -0.1) is 0 Å². The highest BCUT2D eigenvalue weighted by Crippen LogP contribution is 2.34. The van der Waals surface area contributed by atoms with Gasteiger partial charge in [0.05, 0.1) is 11.1 Å². The molecule has 0 radical (unpaired) electrons.